The first-order valence-electron chi connectivity index (χ1n) is 6.66. The van der Waals surface area contributed by atoms with Gasteiger partial charge >= 0.3 is 0 Å². The van der Waals surface area contributed by atoms with Crippen molar-refractivity contribution in [3.8, 4) is 0 Å². The maximum absolute atomic E-state index is 3.87. The third-order valence-corrected chi connectivity index (χ3v) is 3.89. The van der Waals surface area contributed by atoms with Crippen LogP contribution >= 0.6 is 0 Å². The summed E-state index contributed by atoms with van der Waals surface area (Å²) in [5.74, 6) is 1.03. The second-order valence-electron chi connectivity index (χ2n) is 5.25. The second-order valence-corrected chi connectivity index (χ2v) is 5.25. The van der Waals surface area contributed by atoms with Gasteiger partial charge in [0.2, 0.25) is 0 Å². The molecule has 14 heavy (non-hydrogen) atoms. The van der Waals surface area contributed by atoms with E-state index in [9.17, 15) is 0 Å². The molecular weight excluding hydrogens is 170 g/mol. The first-order chi connectivity index (χ1) is 6.90. The van der Waals surface area contributed by atoms with E-state index in [1.54, 1.807) is 0 Å². The number of hydrogen-bond donors (Lipinski definition) is 1. The topological polar surface area (TPSA) is 12.0 Å². The van der Waals surface area contributed by atoms with E-state index >= 15 is 0 Å². The Balaban J connectivity index is 1.65. The van der Waals surface area contributed by atoms with Crippen LogP contribution in [0.2, 0.25) is 0 Å². The van der Waals surface area contributed by atoms with Gasteiger partial charge in [-0.25, -0.2) is 0 Å². The molecule has 0 aromatic rings. The molecule has 0 saturated heterocycles. The van der Waals surface area contributed by atoms with Crippen LogP contribution in [0.1, 0.15) is 64.7 Å². The molecule has 2 unspecified atom stereocenters. The molecule has 0 aromatic heterocycles. The Hall–Kier alpha value is -0.0400. The van der Waals surface area contributed by atoms with E-state index in [0.717, 1.165) is 18.0 Å². The Labute approximate surface area is 88.7 Å². The molecule has 0 bridgehead atoms. The van der Waals surface area contributed by atoms with Gasteiger partial charge in [-0.1, -0.05) is 39.0 Å². The zero-order chi connectivity index (χ0) is 9.80. The van der Waals surface area contributed by atoms with Crippen LogP contribution in [0.15, 0.2) is 0 Å². The average molecular weight is 195 g/mol. The predicted octanol–water partition coefficient (Wildman–Crippen LogP) is 3.49. The highest BCUT2D eigenvalue weighted by Crippen LogP contribution is 2.35. The quantitative estimate of drug-likeness (QED) is 0.677. The summed E-state index contributed by atoms with van der Waals surface area (Å²) in [5.41, 5.74) is 0. The van der Waals surface area contributed by atoms with Crippen molar-refractivity contribution in [2.75, 3.05) is 0 Å². The number of hydrogen-bond acceptors (Lipinski definition) is 1. The van der Waals surface area contributed by atoms with Gasteiger partial charge in [0, 0.05) is 12.1 Å². The molecule has 2 aliphatic rings. The molecular formula is C13H25N. The van der Waals surface area contributed by atoms with Gasteiger partial charge in [-0.3, -0.25) is 0 Å². The summed E-state index contributed by atoms with van der Waals surface area (Å²) in [6.45, 7) is 2.31. The van der Waals surface area contributed by atoms with Gasteiger partial charge in [-0.15, -0.1) is 0 Å². The normalized spacial score (nSPS) is 34.1. The summed E-state index contributed by atoms with van der Waals surface area (Å²) in [7, 11) is 0. The molecule has 0 spiro atoms. The van der Waals surface area contributed by atoms with Crippen LogP contribution in [-0.2, 0) is 0 Å². The number of rotatable bonds is 4. The Morgan fingerprint density at radius 3 is 2.43 bits per heavy atom. The Morgan fingerprint density at radius 1 is 1.07 bits per heavy atom. The maximum Gasteiger partial charge on any atom is 0.0102 e. The van der Waals surface area contributed by atoms with Gasteiger partial charge in [0.1, 0.15) is 0 Å². The second kappa shape index (κ2) is 5.16. The molecule has 1 N–H and O–H groups in total. The minimum Gasteiger partial charge on any atom is -0.311 e. The third-order valence-electron chi connectivity index (χ3n) is 3.89. The molecule has 2 rings (SSSR count). The summed E-state index contributed by atoms with van der Waals surface area (Å²) in [5, 5.41) is 3.87. The van der Waals surface area contributed by atoms with Gasteiger partial charge in [0.05, 0.1) is 0 Å². The summed E-state index contributed by atoms with van der Waals surface area (Å²) in [6, 6.07) is 1.77. The van der Waals surface area contributed by atoms with E-state index < -0.39 is 0 Å². The van der Waals surface area contributed by atoms with Crippen molar-refractivity contribution in [3.63, 3.8) is 0 Å². The lowest BCUT2D eigenvalue weighted by atomic mass is 10.1. The monoisotopic (exact) mass is 195 g/mol. The van der Waals surface area contributed by atoms with E-state index in [2.05, 4.69) is 12.2 Å². The highest BCUT2D eigenvalue weighted by atomic mass is 15.0. The SMILES string of the molecule is CCCC1CC1NC1CCCCCC1. The van der Waals surface area contributed by atoms with E-state index in [1.807, 2.05) is 0 Å². The average Bonchev–Trinajstić information content (AvgIpc) is 2.93. The van der Waals surface area contributed by atoms with Gasteiger partial charge in [0.15, 0.2) is 0 Å². The molecule has 2 fully saturated rings. The molecule has 2 atom stereocenters. The number of nitrogens with one attached hydrogen (secondary N) is 1. The van der Waals surface area contributed by atoms with Crippen molar-refractivity contribution in [1.29, 1.82) is 0 Å². The van der Waals surface area contributed by atoms with Crippen molar-refractivity contribution in [2.45, 2.75) is 76.8 Å². The van der Waals surface area contributed by atoms with Crippen LogP contribution in [0.25, 0.3) is 0 Å². The Morgan fingerprint density at radius 2 is 1.79 bits per heavy atom. The molecule has 0 amide bonds. The van der Waals surface area contributed by atoms with Crippen molar-refractivity contribution in [1.82, 2.24) is 5.32 Å². The minimum atomic E-state index is 0.865. The standard InChI is InChI=1S/C13H25N/c1-2-7-11-10-13(11)14-12-8-5-3-4-6-9-12/h11-14H,2-10H2,1H3. The van der Waals surface area contributed by atoms with E-state index in [0.29, 0.717) is 0 Å². The fourth-order valence-corrected chi connectivity index (χ4v) is 2.89. The Kier molecular flexibility index (Phi) is 3.86. The van der Waals surface area contributed by atoms with Crippen molar-refractivity contribution >= 4 is 0 Å². The van der Waals surface area contributed by atoms with Crippen LogP contribution < -0.4 is 5.32 Å². The van der Waals surface area contributed by atoms with Crippen molar-refractivity contribution in [3.05, 3.63) is 0 Å². The fraction of sp³-hybridized carbons (Fsp3) is 1.00. The molecule has 1 heteroatoms. The molecule has 0 heterocycles. The molecule has 2 saturated carbocycles. The largest absolute Gasteiger partial charge is 0.311 e. The first kappa shape index (κ1) is 10.5. The lowest BCUT2D eigenvalue weighted by Crippen LogP contribution is -2.31. The summed E-state index contributed by atoms with van der Waals surface area (Å²) in [6.07, 6.45) is 13.0. The lowest BCUT2D eigenvalue weighted by Gasteiger charge is -2.16. The van der Waals surface area contributed by atoms with Crippen LogP contribution in [0.4, 0.5) is 0 Å². The van der Waals surface area contributed by atoms with Crippen LogP contribution in [0, 0.1) is 5.92 Å². The van der Waals surface area contributed by atoms with Crippen molar-refractivity contribution < 1.29 is 0 Å². The molecule has 1 nitrogen and oxygen atoms in total. The molecule has 0 radical (unpaired) electrons. The highest BCUT2D eigenvalue weighted by molar-refractivity contribution is 4.94. The van der Waals surface area contributed by atoms with Gasteiger partial charge in [-0.05, 0) is 31.6 Å². The zero-order valence-corrected chi connectivity index (χ0v) is 9.60. The predicted molar refractivity (Wildman–Crippen MR) is 61.4 cm³/mol. The smallest absolute Gasteiger partial charge is 0.0102 e. The van der Waals surface area contributed by atoms with Crippen molar-refractivity contribution in [2.24, 2.45) is 5.92 Å². The molecule has 0 aromatic carbocycles. The van der Waals surface area contributed by atoms with E-state index in [1.165, 1.54) is 57.8 Å². The van der Waals surface area contributed by atoms with Crippen LogP contribution in [-0.4, -0.2) is 12.1 Å². The maximum atomic E-state index is 3.87. The highest BCUT2D eigenvalue weighted by Gasteiger charge is 2.36. The zero-order valence-electron chi connectivity index (χ0n) is 9.60. The minimum absolute atomic E-state index is 0.865. The fourth-order valence-electron chi connectivity index (χ4n) is 2.89. The molecule has 0 aliphatic heterocycles. The van der Waals surface area contributed by atoms with E-state index in [-0.39, 0.29) is 0 Å². The van der Waals surface area contributed by atoms with E-state index in [4.69, 9.17) is 0 Å². The first-order valence-corrected chi connectivity index (χ1v) is 6.66. The van der Waals surface area contributed by atoms with Gasteiger partial charge < -0.3 is 5.32 Å². The van der Waals surface area contributed by atoms with Crippen LogP contribution in [0.5, 0.6) is 0 Å². The molecule has 2 aliphatic carbocycles. The third kappa shape index (κ3) is 2.98. The van der Waals surface area contributed by atoms with Gasteiger partial charge in [-0.2, -0.15) is 0 Å². The summed E-state index contributed by atoms with van der Waals surface area (Å²) >= 11 is 0. The molecule has 82 valence electrons. The Bertz CT molecular complexity index is 159. The van der Waals surface area contributed by atoms with Gasteiger partial charge in [0.25, 0.3) is 0 Å². The summed E-state index contributed by atoms with van der Waals surface area (Å²) < 4.78 is 0. The van der Waals surface area contributed by atoms with Crippen LogP contribution in [0.3, 0.4) is 0 Å². The summed E-state index contributed by atoms with van der Waals surface area (Å²) in [4.78, 5) is 0. The lowest BCUT2D eigenvalue weighted by molar-refractivity contribution is 0.441.